The quantitative estimate of drug-likeness (QED) is 0.250. The number of hydrogen-bond acceptors (Lipinski definition) is 6. The summed E-state index contributed by atoms with van der Waals surface area (Å²) in [4.78, 5) is 27.7. The Morgan fingerprint density at radius 1 is 1.14 bits per heavy atom. The molecule has 4 rings (SSSR count). The van der Waals surface area contributed by atoms with Gasteiger partial charge in [-0.2, -0.15) is 0 Å². The highest BCUT2D eigenvalue weighted by atomic mass is 35.5. The Morgan fingerprint density at radius 3 is 2.62 bits per heavy atom. The highest BCUT2D eigenvalue weighted by Gasteiger charge is 2.35. The van der Waals surface area contributed by atoms with Crippen molar-refractivity contribution in [1.29, 1.82) is 0 Å². The molecule has 2 amide bonds. The zero-order chi connectivity index (χ0) is 26.5. The summed E-state index contributed by atoms with van der Waals surface area (Å²) in [5.74, 6) is 0.378. The molecule has 3 aromatic rings. The van der Waals surface area contributed by atoms with Crippen LogP contribution in [0, 0.1) is 6.92 Å². The van der Waals surface area contributed by atoms with Gasteiger partial charge >= 0.3 is 0 Å². The fourth-order valence-electron chi connectivity index (χ4n) is 3.81. The van der Waals surface area contributed by atoms with Crippen molar-refractivity contribution in [2.45, 2.75) is 19.9 Å². The van der Waals surface area contributed by atoms with Gasteiger partial charge in [0.05, 0.1) is 18.1 Å². The largest absolute Gasteiger partial charge is 0.493 e. The fraction of sp³-hybridized carbons (Fsp3) is 0.179. The van der Waals surface area contributed by atoms with Crippen LogP contribution < -0.4 is 14.8 Å². The first-order valence-electron chi connectivity index (χ1n) is 11.5. The van der Waals surface area contributed by atoms with E-state index < -0.39 is 0 Å². The molecule has 0 radical (unpaired) electrons. The third kappa shape index (κ3) is 6.15. The molecule has 1 N–H and O–H groups in total. The normalized spacial score (nSPS) is 15.1. The first-order chi connectivity index (χ1) is 17.8. The summed E-state index contributed by atoms with van der Waals surface area (Å²) in [6.45, 7) is 3.58. The van der Waals surface area contributed by atoms with Crippen LogP contribution in [0.5, 0.6) is 11.5 Å². The van der Waals surface area contributed by atoms with Gasteiger partial charge in [0.25, 0.3) is 11.8 Å². The van der Waals surface area contributed by atoms with Crippen molar-refractivity contribution in [3.63, 3.8) is 0 Å². The first kappa shape index (κ1) is 26.7. The first-order valence-corrected chi connectivity index (χ1v) is 13.1. The monoisotopic (exact) mass is 552 g/mol. The number of thiocarbonyl (C=S) groups is 1. The Morgan fingerprint density at radius 2 is 1.89 bits per heavy atom. The molecule has 1 aliphatic heterocycles. The van der Waals surface area contributed by atoms with Gasteiger partial charge in [-0.1, -0.05) is 78.0 Å². The van der Waals surface area contributed by atoms with Crippen molar-refractivity contribution in [3.8, 4) is 11.5 Å². The van der Waals surface area contributed by atoms with E-state index in [0.717, 1.165) is 16.7 Å². The van der Waals surface area contributed by atoms with Crippen molar-refractivity contribution >= 4 is 63.5 Å². The second-order valence-electron chi connectivity index (χ2n) is 8.30. The number of anilines is 1. The van der Waals surface area contributed by atoms with E-state index in [2.05, 4.69) is 5.32 Å². The second-order valence-corrected chi connectivity index (χ2v) is 10.4. The number of thioether (sulfide) groups is 1. The maximum atomic E-state index is 13.2. The fourth-order valence-corrected chi connectivity index (χ4v) is 5.40. The molecule has 0 bridgehead atoms. The van der Waals surface area contributed by atoms with Crippen LogP contribution in [0.15, 0.2) is 71.6 Å². The SMILES string of the molecule is COc1cc(/C=C2\SC(=S)N([C@H](C)c3ccccc3)C2=O)ccc1OCC(=O)Nc1cccc(Cl)c1C. The number of rotatable bonds is 8. The van der Waals surface area contributed by atoms with Gasteiger partial charge < -0.3 is 14.8 Å². The Kier molecular flexibility index (Phi) is 8.53. The third-order valence-corrected chi connectivity index (χ3v) is 7.62. The van der Waals surface area contributed by atoms with Crippen LogP contribution in [-0.2, 0) is 9.59 Å². The molecule has 0 saturated carbocycles. The van der Waals surface area contributed by atoms with Crippen molar-refractivity contribution < 1.29 is 19.1 Å². The number of hydrogen-bond donors (Lipinski definition) is 1. The van der Waals surface area contributed by atoms with Crippen LogP contribution in [0.1, 0.15) is 29.7 Å². The molecule has 3 aromatic carbocycles. The highest BCUT2D eigenvalue weighted by molar-refractivity contribution is 8.26. The second kappa shape index (κ2) is 11.8. The predicted molar refractivity (Wildman–Crippen MR) is 153 cm³/mol. The van der Waals surface area contributed by atoms with E-state index in [-0.39, 0.29) is 24.5 Å². The molecule has 1 saturated heterocycles. The number of nitrogens with zero attached hydrogens (tertiary/aromatic N) is 1. The molecular weight excluding hydrogens is 528 g/mol. The van der Waals surface area contributed by atoms with Crippen molar-refractivity contribution in [3.05, 3.63) is 93.3 Å². The average Bonchev–Trinajstić information content (AvgIpc) is 3.18. The number of nitrogens with one attached hydrogen (secondary N) is 1. The van der Waals surface area contributed by atoms with Gasteiger partial charge in [-0.15, -0.1) is 0 Å². The number of halogens is 1. The number of ether oxygens (including phenoxy) is 2. The summed E-state index contributed by atoms with van der Waals surface area (Å²) >= 11 is 12.9. The molecule has 1 aliphatic rings. The number of benzene rings is 3. The van der Waals surface area contributed by atoms with E-state index >= 15 is 0 Å². The van der Waals surface area contributed by atoms with Gasteiger partial charge in [0.2, 0.25) is 0 Å². The number of carbonyl (C=O) groups excluding carboxylic acids is 2. The lowest BCUT2D eigenvalue weighted by molar-refractivity contribution is -0.123. The molecule has 9 heteroatoms. The Bertz CT molecular complexity index is 1380. The molecule has 37 heavy (non-hydrogen) atoms. The summed E-state index contributed by atoms with van der Waals surface area (Å²) in [6.07, 6.45) is 1.78. The summed E-state index contributed by atoms with van der Waals surface area (Å²) in [6, 6.07) is 20.2. The summed E-state index contributed by atoms with van der Waals surface area (Å²) in [5.41, 5.74) is 3.17. The zero-order valence-electron chi connectivity index (χ0n) is 20.5. The lowest BCUT2D eigenvalue weighted by atomic mass is 10.1. The molecule has 6 nitrogen and oxygen atoms in total. The van der Waals surface area contributed by atoms with E-state index in [1.165, 1.54) is 18.9 Å². The van der Waals surface area contributed by atoms with Crippen LogP contribution in [0.2, 0.25) is 5.02 Å². The molecule has 1 fully saturated rings. The number of carbonyl (C=O) groups is 2. The van der Waals surface area contributed by atoms with E-state index in [9.17, 15) is 9.59 Å². The minimum atomic E-state index is -0.326. The van der Waals surface area contributed by atoms with E-state index in [0.29, 0.717) is 31.4 Å². The highest BCUT2D eigenvalue weighted by Crippen LogP contribution is 2.39. The molecule has 1 heterocycles. The lowest BCUT2D eigenvalue weighted by Crippen LogP contribution is -2.30. The van der Waals surface area contributed by atoms with E-state index in [4.69, 9.17) is 33.3 Å². The topological polar surface area (TPSA) is 67.9 Å². The minimum absolute atomic E-state index is 0.140. The summed E-state index contributed by atoms with van der Waals surface area (Å²) in [7, 11) is 1.52. The van der Waals surface area contributed by atoms with Crippen molar-refractivity contribution in [2.75, 3.05) is 19.0 Å². The van der Waals surface area contributed by atoms with Crippen LogP contribution in [-0.4, -0.2) is 34.8 Å². The van der Waals surface area contributed by atoms with Gasteiger partial charge in [0.1, 0.15) is 4.32 Å². The third-order valence-electron chi connectivity index (χ3n) is 5.88. The van der Waals surface area contributed by atoms with Gasteiger partial charge in [-0.25, -0.2) is 0 Å². The molecule has 190 valence electrons. The van der Waals surface area contributed by atoms with Gasteiger partial charge in [0, 0.05) is 10.7 Å². The van der Waals surface area contributed by atoms with Crippen molar-refractivity contribution in [2.24, 2.45) is 0 Å². The summed E-state index contributed by atoms with van der Waals surface area (Å²) < 4.78 is 11.7. The van der Waals surface area contributed by atoms with Crippen LogP contribution in [0.3, 0.4) is 0 Å². The number of amides is 2. The van der Waals surface area contributed by atoms with Crippen LogP contribution >= 0.6 is 35.6 Å². The van der Waals surface area contributed by atoms with Crippen LogP contribution in [0.4, 0.5) is 5.69 Å². The molecule has 0 aromatic heterocycles. The predicted octanol–water partition coefficient (Wildman–Crippen LogP) is 6.64. The van der Waals surface area contributed by atoms with E-state index in [1.54, 1.807) is 47.4 Å². The van der Waals surface area contributed by atoms with Gasteiger partial charge in [-0.3, -0.25) is 14.5 Å². The average molecular weight is 553 g/mol. The molecule has 0 unspecified atom stereocenters. The van der Waals surface area contributed by atoms with Crippen molar-refractivity contribution in [1.82, 2.24) is 4.90 Å². The Balaban J connectivity index is 1.44. The zero-order valence-corrected chi connectivity index (χ0v) is 22.9. The van der Waals surface area contributed by atoms with Crippen LogP contribution in [0.25, 0.3) is 6.08 Å². The minimum Gasteiger partial charge on any atom is -0.493 e. The standard InChI is InChI=1S/C28H25ClN2O4S2/c1-17-21(29)10-7-11-22(17)30-26(32)16-35-23-13-12-19(14-24(23)34-3)15-25-27(33)31(28(36)37-25)18(2)20-8-5-4-6-9-20/h4-15,18H,16H2,1-3H3,(H,30,32)/b25-15-/t18-/m1/s1. The molecular formula is C28H25ClN2O4S2. The van der Waals surface area contributed by atoms with Gasteiger partial charge in [-0.05, 0) is 60.9 Å². The van der Waals surface area contributed by atoms with Gasteiger partial charge in [0.15, 0.2) is 18.1 Å². The maximum Gasteiger partial charge on any atom is 0.266 e. The maximum absolute atomic E-state index is 13.2. The Labute approximate surface area is 230 Å². The lowest BCUT2D eigenvalue weighted by Gasteiger charge is -2.23. The number of methoxy groups -OCH3 is 1. The van der Waals surface area contributed by atoms with E-state index in [1.807, 2.05) is 44.2 Å². The Hall–Kier alpha value is -3.33. The molecule has 1 atom stereocenters. The molecule has 0 aliphatic carbocycles. The molecule has 0 spiro atoms. The smallest absolute Gasteiger partial charge is 0.266 e. The summed E-state index contributed by atoms with van der Waals surface area (Å²) in [5, 5.41) is 3.37.